The van der Waals surface area contributed by atoms with E-state index in [0.29, 0.717) is 5.56 Å². The molecule has 8 heteroatoms. The summed E-state index contributed by atoms with van der Waals surface area (Å²) < 4.78 is 6.69. The van der Waals surface area contributed by atoms with Crippen LogP contribution in [-0.2, 0) is 4.74 Å². The van der Waals surface area contributed by atoms with Crippen molar-refractivity contribution in [1.82, 2.24) is 9.55 Å². The first-order valence-corrected chi connectivity index (χ1v) is 8.73. The molecule has 2 heterocycles. The van der Waals surface area contributed by atoms with Crippen LogP contribution in [0.5, 0.6) is 0 Å². The molecule has 0 unspecified atom stereocenters. The fraction of sp³-hybridized carbons (Fsp3) is 0.421. The van der Waals surface area contributed by atoms with Crippen molar-refractivity contribution in [2.24, 2.45) is 0 Å². The van der Waals surface area contributed by atoms with Gasteiger partial charge in [-0.15, -0.1) is 0 Å². The van der Waals surface area contributed by atoms with Crippen LogP contribution in [-0.4, -0.2) is 44.5 Å². The summed E-state index contributed by atoms with van der Waals surface area (Å²) in [7, 11) is 0. The molecule has 1 aliphatic rings. The van der Waals surface area contributed by atoms with Crippen molar-refractivity contribution in [3.8, 4) is 0 Å². The number of hydrogen-bond acceptors (Lipinski definition) is 6. The first kappa shape index (κ1) is 19.2. The molecule has 3 N–H and O–H groups in total. The fourth-order valence-electron chi connectivity index (χ4n) is 3.47. The second-order valence-electron chi connectivity index (χ2n) is 6.85. The molecule has 0 saturated carbocycles. The quantitative estimate of drug-likeness (QED) is 0.739. The number of aliphatic hydroxyl groups excluding tert-OH is 2. The average molecular weight is 373 g/mol. The van der Waals surface area contributed by atoms with Crippen LogP contribution < -0.4 is 11.0 Å². The maximum absolute atomic E-state index is 12.6. The highest BCUT2D eigenvalue weighted by Gasteiger charge is 2.35. The van der Waals surface area contributed by atoms with Gasteiger partial charge in [0.25, 0.3) is 5.91 Å². The van der Waals surface area contributed by atoms with E-state index < -0.39 is 24.1 Å². The van der Waals surface area contributed by atoms with Gasteiger partial charge in [0.15, 0.2) is 0 Å². The maximum Gasteiger partial charge on any atom is 0.351 e. The Hall–Kier alpha value is -2.55. The molecule has 1 fully saturated rings. The van der Waals surface area contributed by atoms with Crippen LogP contribution in [0.2, 0.25) is 0 Å². The average Bonchev–Trinajstić information content (AvgIpc) is 2.94. The third kappa shape index (κ3) is 3.92. The van der Waals surface area contributed by atoms with E-state index in [0.717, 1.165) is 16.7 Å². The lowest BCUT2D eigenvalue weighted by Crippen LogP contribution is -2.28. The van der Waals surface area contributed by atoms with Crippen LogP contribution in [0, 0.1) is 20.8 Å². The van der Waals surface area contributed by atoms with E-state index in [1.807, 2.05) is 32.9 Å². The molecular weight excluding hydrogens is 350 g/mol. The highest BCUT2D eigenvalue weighted by molar-refractivity contribution is 6.05. The Labute approximate surface area is 156 Å². The number of carbonyl (C=O) groups excluding carboxylic acids is 1. The highest BCUT2D eigenvalue weighted by atomic mass is 16.5. The third-order valence-corrected chi connectivity index (χ3v) is 4.67. The van der Waals surface area contributed by atoms with Gasteiger partial charge < -0.3 is 20.3 Å². The second kappa shape index (κ2) is 7.59. The van der Waals surface area contributed by atoms with Crippen LogP contribution in [0.3, 0.4) is 0 Å². The molecule has 0 aliphatic carbocycles. The normalized spacial score (nSPS) is 22.0. The molecule has 1 aliphatic heterocycles. The number of nitrogens with zero attached hydrogens (tertiary/aromatic N) is 2. The monoisotopic (exact) mass is 373 g/mol. The van der Waals surface area contributed by atoms with Crippen LogP contribution in [0.1, 0.15) is 39.7 Å². The van der Waals surface area contributed by atoms with Gasteiger partial charge in [-0.3, -0.25) is 9.36 Å². The van der Waals surface area contributed by atoms with E-state index in [1.165, 1.54) is 16.8 Å². The molecule has 1 aromatic carbocycles. The van der Waals surface area contributed by atoms with Crippen molar-refractivity contribution in [2.45, 2.75) is 45.6 Å². The number of ether oxygens (including phenoxy) is 1. The van der Waals surface area contributed by atoms with Crippen LogP contribution in [0.15, 0.2) is 29.2 Å². The first-order valence-electron chi connectivity index (χ1n) is 8.73. The number of rotatable bonds is 4. The zero-order chi connectivity index (χ0) is 19.7. The minimum Gasteiger partial charge on any atom is -0.394 e. The predicted octanol–water partition coefficient (Wildman–Crippen LogP) is 1.06. The summed E-state index contributed by atoms with van der Waals surface area (Å²) in [6, 6.07) is 5.35. The van der Waals surface area contributed by atoms with E-state index in [1.54, 1.807) is 0 Å². The summed E-state index contributed by atoms with van der Waals surface area (Å²) in [5.74, 6) is -0.194. The lowest BCUT2D eigenvalue weighted by atomic mass is 9.99. The summed E-state index contributed by atoms with van der Waals surface area (Å²) in [5.41, 5.74) is 2.71. The van der Waals surface area contributed by atoms with Gasteiger partial charge in [-0.1, -0.05) is 17.7 Å². The Morgan fingerprint density at radius 1 is 1.33 bits per heavy atom. The van der Waals surface area contributed by atoms with E-state index in [4.69, 9.17) is 9.84 Å². The molecule has 144 valence electrons. The standard InChI is InChI=1S/C19H23N3O5/c1-10-6-11(2)17(12(3)7-10)18(25)20-15-4-5-22(19(26)21-15)16-8-13(24)14(9-23)27-16/h4-7,13-14,16,23-24H,8-9H2,1-3H3,(H,20,21,25,26)/t13-,14+,16+/m0/s1. The molecule has 3 atom stereocenters. The molecule has 1 aromatic heterocycles. The van der Waals surface area contributed by atoms with Gasteiger partial charge in [0, 0.05) is 18.2 Å². The number of aryl methyl sites for hydroxylation is 3. The number of aliphatic hydroxyl groups is 2. The summed E-state index contributed by atoms with van der Waals surface area (Å²) >= 11 is 0. The molecule has 3 rings (SSSR count). The minimum absolute atomic E-state index is 0.137. The molecule has 27 heavy (non-hydrogen) atoms. The van der Waals surface area contributed by atoms with Crippen molar-refractivity contribution in [2.75, 3.05) is 11.9 Å². The molecule has 0 radical (unpaired) electrons. The second-order valence-corrected chi connectivity index (χ2v) is 6.85. The molecule has 8 nitrogen and oxygen atoms in total. The molecular formula is C19H23N3O5. The lowest BCUT2D eigenvalue weighted by molar-refractivity contribution is -0.0458. The van der Waals surface area contributed by atoms with Gasteiger partial charge in [0.2, 0.25) is 0 Å². The van der Waals surface area contributed by atoms with Crippen LogP contribution >= 0.6 is 0 Å². The summed E-state index contributed by atoms with van der Waals surface area (Å²) in [4.78, 5) is 28.8. The molecule has 0 spiro atoms. The smallest absolute Gasteiger partial charge is 0.351 e. The highest BCUT2D eigenvalue weighted by Crippen LogP contribution is 2.27. The molecule has 0 bridgehead atoms. The predicted molar refractivity (Wildman–Crippen MR) is 98.7 cm³/mol. The van der Waals surface area contributed by atoms with E-state index in [2.05, 4.69) is 10.3 Å². The Balaban J connectivity index is 1.79. The fourth-order valence-corrected chi connectivity index (χ4v) is 3.47. The molecule has 2 aromatic rings. The number of benzene rings is 1. The van der Waals surface area contributed by atoms with Crippen LogP contribution in [0.4, 0.5) is 5.82 Å². The van der Waals surface area contributed by atoms with Crippen LogP contribution in [0.25, 0.3) is 0 Å². The Kier molecular flexibility index (Phi) is 5.41. The van der Waals surface area contributed by atoms with E-state index in [-0.39, 0.29) is 24.8 Å². The van der Waals surface area contributed by atoms with Gasteiger partial charge >= 0.3 is 5.69 Å². The minimum atomic E-state index is -0.848. The van der Waals surface area contributed by atoms with E-state index in [9.17, 15) is 14.7 Å². The van der Waals surface area contributed by atoms with Gasteiger partial charge in [0.1, 0.15) is 18.1 Å². The largest absolute Gasteiger partial charge is 0.394 e. The topological polar surface area (TPSA) is 114 Å². The lowest BCUT2D eigenvalue weighted by Gasteiger charge is -2.15. The summed E-state index contributed by atoms with van der Waals surface area (Å²) in [6.45, 7) is 5.36. The first-order chi connectivity index (χ1) is 12.8. The maximum atomic E-state index is 12.6. The van der Waals surface area contributed by atoms with Gasteiger partial charge in [0.05, 0.1) is 12.7 Å². The van der Waals surface area contributed by atoms with Crippen molar-refractivity contribution in [1.29, 1.82) is 0 Å². The molecule has 1 saturated heterocycles. The number of hydrogen-bond donors (Lipinski definition) is 3. The van der Waals surface area contributed by atoms with Gasteiger partial charge in [-0.2, -0.15) is 4.98 Å². The van der Waals surface area contributed by atoms with Gasteiger partial charge in [-0.25, -0.2) is 4.79 Å². The molecule has 1 amide bonds. The zero-order valence-corrected chi connectivity index (χ0v) is 15.5. The Bertz CT molecular complexity index is 901. The van der Waals surface area contributed by atoms with Crippen molar-refractivity contribution in [3.05, 3.63) is 57.1 Å². The zero-order valence-electron chi connectivity index (χ0n) is 15.5. The number of nitrogens with one attached hydrogen (secondary N) is 1. The number of carbonyl (C=O) groups is 1. The Morgan fingerprint density at radius 2 is 2.00 bits per heavy atom. The van der Waals surface area contributed by atoms with Crippen molar-refractivity contribution < 1.29 is 19.7 Å². The number of anilines is 1. The van der Waals surface area contributed by atoms with Gasteiger partial charge in [-0.05, 0) is 38.0 Å². The third-order valence-electron chi connectivity index (χ3n) is 4.67. The van der Waals surface area contributed by atoms with Crippen molar-refractivity contribution >= 4 is 11.7 Å². The van der Waals surface area contributed by atoms with E-state index >= 15 is 0 Å². The summed E-state index contributed by atoms with van der Waals surface area (Å²) in [5, 5.41) is 21.6. The number of aromatic nitrogens is 2. The summed E-state index contributed by atoms with van der Waals surface area (Å²) in [6.07, 6.45) is -0.645. The number of amides is 1. The SMILES string of the molecule is Cc1cc(C)c(C(=O)Nc2ccn([C@H]3C[C@H](O)[C@@H](CO)O3)c(=O)n2)c(C)c1. The van der Waals surface area contributed by atoms with Crippen molar-refractivity contribution in [3.63, 3.8) is 0 Å². The Morgan fingerprint density at radius 3 is 2.56 bits per heavy atom.